The van der Waals surface area contributed by atoms with Crippen molar-refractivity contribution in [3.8, 4) is 5.75 Å². The first-order valence-corrected chi connectivity index (χ1v) is 10.8. The number of sulfonamides is 1. The molecule has 0 unspecified atom stereocenters. The Bertz CT molecular complexity index is 970. The molecule has 8 heteroatoms. The minimum absolute atomic E-state index is 0.00124. The molecule has 3 rings (SSSR count). The second-order valence-corrected chi connectivity index (χ2v) is 9.09. The van der Waals surface area contributed by atoms with Gasteiger partial charge < -0.3 is 4.74 Å². The third kappa shape index (κ3) is 4.55. The molecule has 2 aromatic carbocycles. The highest BCUT2D eigenvalue weighted by atomic mass is 35.5. The number of benzene rings is 2. The zero-order valence-corrected chi connectivity index (χ0v) is 17.5. The van der Waals surface area contributed by atoms with E-state index >= 15 is 0 Å². The fourth-order valence-electron chi connectivity index (χ4n) is 3.27. The first-order valence-electron chi connectivity index (χ1n) is 8.97. The van der Waals surface area contributed by atoms with Crippen LogP contribution in [-0.2, 0) is 16.6 Å². The van der Waals surface area contributed by atoms with Crippen LogP contribution in [-0.4, -0.2) is 56.7 Å². The van der Waals surface area contributed by atoms with Gasteiger partial charge in [-0.25, -0.2) is 8.42 Å². The minimum atomic E-state index is -3.56. The van der Waals surface area contributed by atoms with E-state index in [1.165, 1.54) is 17.3 Å². The number of ether oxygens (including phenoxy) is 1. The smallest absolute Gasteiger partial charge is 0.243 e. The summed E-state index contributed by atoms with van der Waals surface area (Å²) >= 11 is 5.94. The van der Waals surface area contributed by atoms with Gasteiger partial charge >= 0.3 is 0 Å². The normalized spacial score (nSPS) is 16.1. The summed E-state index contributed by atoms with van der Waals surface area (Å²) in [6, 6.07) is 11.7. The summed E-state index contributed by atoms with van der Waals surface area (Å²) in [4.78, 5) is 14.0. The number of carbonyl (C=O) groups excluding carboxylic acids is 1. The molecule has 28 heavy (non-hydrogen) atoms. The molecule has 2 aromatic rings. The van der Waals surface area contributed by atoms with Gasteiger partial charge in [0.15, 0.2) is 5.78 Å². The number of carbonyl (C=O) groups is 1. The fourth-order valence-corrected chi connectivity index (χ4v) is 4.99. The largest absolute Gasteiger partial charge is 0.496 e. The van der Waals surface area contributed by atoms with E-state index in [1.807, 2.05) is 6.07 Å². The summed E-state index contributed by atoms with van der Waals surface area (Å²) in [6.45, 7) is 4.09. The van der Waals surface area contributed by atoms with Gasteiger partial charge in [0.1, 0.15) is 5.75 Å². The number of piperazine rings is 1. The van der Waals surface area contributed by atoms with Gasteiger partial charge in [0.05, 0.1) is 12.0 Å². The molecule has 0 spiro atoms. The number of rotatable bonds is 6. The third-order valence-electron chi connectivity index (χ3n) is 4.85. The van der Waals surface area contributed by atoms with Crippen LogP contribution in [0.3, 0.4) is 0 Å². The van der Waals surface area contributed by atoms with E-state index in [-0.39, 0.29) is 10.7 Å². The molecule has 0 amide bonds. The zero-order chi connectivity index (χ0) is 20.3. The van der Waals surface area contributed by atoms with Crippen LogP contribution in [0, 0.1) is 0 Å². The van der Waals surface area contributed by atoms with E-state index in [0.29, 0.717) is 43.3 Å². The van der Waals surface area contributed by atoms with Gasteiger partial charge in [-0.3, -0.25) is 9.69 Å². The van der Waals surface area contributed by atoms with Gasteiger partial charge in [0, 0.05) is 48.9 Å². The molecule has 0 aromatic heterocycles. The molecule has 0 bridgehead atoms. The predicted octanol–water partition coefficient (Wildman–Crippen LogP) is 3.06. The minimum Gasteiger partial charge on any atom is -0.496 e. The van der Waals surface area contributed by atoms with E-state index in [4.69, 9.17) is 16.3 Å². The van der Waals surface area contributed by atoms with Gasteiger partial charge in [-0.2, -0.15) is 4.31 Å². The maximum Gasteiger partial charge on any atom is 0.243 e. The summed E-state index contributed by atoms with van der Waals surface area (Å²) in [6.07, 6.45) is 0. The van der Waals surface area contributed by atoms with Crippen LogP contribution in [0.4, 0.5) is 0 Å². The molecular weight excluding hydrogens is 400 g/mol. The molecule has 150 valence electrons. The van der Waals surface area contributed by atoms with E-state index in [9.17, 15) is 13.2 Å². The highest BCUT2D eigenvalue weighted by molar-refractivity contribution is 7.89. The number of methoxy groups -OCH3 is 1. The second-order valence-electron chi connectivity index (χ2n) is 6.72. The topological polar surface area (TPSA) is 66.9 Å². The zero-order valence-electron chi connectivity index (χ0n) is 15.9. The number of nitrogens with zero attached hydrogens (tertiary/aromatic N) is 2. The number of hydrogen-bond donors (Lipinski definition) is 0. The van der Waals surface area contributed by atoms with Gasteiger partial charge in [-0.05, 0) is 43.3 Å². The van der Waals surface area contributed by atoms with E-state index in [1.54, 1.807) is 37.4 Å². The Labute approximate surface area is 170 Å². The molecule has 0 aliphatic carbocycles. The van der Waals surface area contributed by atoms with E-state index < -0.39 is 10.0 Å². The van der Waals surface area contributed by atoms with Gasteiger partial charge in [0.2, 0.25) is 10.0 Å². The van der Waals surface area contributed by atoms with Crippen molar-refractivity contribution in [3.05, 3.63) is 58.6 Å². The number of Topliss-reactive ketones (excluding diaryl/α,β-unsaturated/α-hetero) is 1. The molecule has 0 saturated carbocycles. The summed E-state index contributed by atoms with van der Waals surface area (Å²) in [5, 5.41) is 0.400. The van der Waals surface area contributed by atoms with Crippen LogP contribution < -0.4 is 4.74 Å². The van der Waals surface area contributed by atoms with Crippen LogP contribution in [0.25, 0.3) is 0 Å². The van der Waals surface area contributed by atoms with E-state index in [2.05, 4.69) is 4.90 Å². The first-order chi connectivity index (χ1) is 13.3. The van der Waals surface area contributed by atoms with Crippen LogP contribution in [0.1, 0.15) is 22.8 Å². The SMILES string of the molecule is COc1ccc(C(C)=O)cc1CN1CCN(S(=O)(=O)c2cccc(Cl)c2)CC1. The molecule has 0 radical (unpaired) electrons. The highest BCUT2D eigenvalue weighted by Gasteiger charge is 2.29. The summed E-state index contributed by atoms with van der Waals surface area (Å²) in [7, 11) is -1.96. The van der Waals surface area contributed by atoms with Crippen LogP contribution in [0.15, 0.2) is 47.4 Å². The van der Waals surface area contributed by atoms with Crippen molar-refractivity contribution >= 4 is 27.4 Å². The molecule has 1 heterocycles. The highest BCUT2D eigenvalue weighted by Crippen LogP contribution is 2.24. The van der Waals surface area contributed by atoms with Crippen molar-refractivity contribution in [3.63, 3.8) is 0 Å². The number of hydrogen-bond acceptors (Lipinski definition) is 5. The molecule has 1 aliphatic rings. The Kier molecular flexibility index (Phi) is 6.40. The Morgan fingerprint density at radius 2 is 1.82 bits per heavy atom. The average molecular weight is 423 g/mol. The van der Waals surface area contributed by atoms with Crippen molar-refractivity contribution < 1.29 is 17.9 Å². The lowest BCUT2D eigenvalue weighted by Gasteiger charge is -2.34. The summed E-state index contributed by atoms with van der Waals surface area (Å²) in [5.41, 5.74) is 1.55. The third-order valence-corrected chi connectivity index (χ3v) is 6.98. The lowest BCUT2D eigenvalue weighted by Crippen LogP contribution is -2.48. The quantitative estimate of drug-likeness (QED) is 0.669. The Morgan fingerprint density at radius 3 is 2.43 bits per heavy atom. The van der Waals surface area contributed by atoms with Crippen LogP contribution >= 0.6 is 11.6 Å². The summed E-state index contributed by atoms with van der Waals surface area (Å²) < 4.78 is 32.5. The molecule has 6 nitrogen and oxygen atoms in total. The standard InChI is InChI=1S/C20H23ClN2O4S/c1-15(24)16-6-7-20(27-2)17(12-16)14-22-8-10-23(11-9-22)28(25,26)19-5-3-4-18(21)13-19/h3-7,12-13H,8-11,14H2,1-2H3. The monoisotopic (exact) mass is 422 g/mol. The van der Waals surface area contributed by atoms with Crippen molar-refractivity contribution in [1.29, 1.82) is 0 Å². The molecular formula is C20H23ClN2O4S. The molecule has 0 N–H and O–H groups in total. The van der Waals surface area contributed by atoms with Crippen molar-refractivity contribution in [2.75, 3.05) is 33.3 Å². The lowest BCUT2D eigenvalue weighted by molar-refractivity contribution is 0.101. The Hall–Kier alpha value is -1.93. The molecule has 1 fully saturated rings. The summed E-state index contributed by atoms with van der Waals surface area (Å²) in [5.74, 6) is 0.723. The van der Waals surface area contributed by atoms with Crippen molar-refractivity contribution in [1.82, 2.24) is 9.21 Å². The average Bonchev–Trinajstić information content (AvgIpc) is 2.68. The predicted molar refractivity (Wildman–Crippen MR) is 108 cm³/mol. The first kappa shape index (κ1) is 20.8. The molecule has 1 aliphatic heterocycles. The fraction of sp³-hybridized carbons (Fsp3) is 0.350. The molecule has 1 saturated heterocycles. The Balaban J connectivity index is 1.69. The lowest BCUT2D eigenvalue weighted by atomic mass is 10.1. The maximum absolute atomic E-state index is 12.8. The van der Waals surface area contributed by atoms with E-state index in [0.717, 1.165) is 11.3 Å². The number of ketones is 1. The maximum atomic E-state index is 12.8. The van der Waals surface area contributed by atoms with Crippen LogP contribution in [0.5, 0.6) is 5.75 Å². The van der Waals surface area contributed by atoms with Crippen LogP contribution in [0.2, 0.25) is 5.02 Å². The van der Waals surface area contributed by atoms with Gasteiger partial charge in [0.25, 0.3) is 0 Å². The van der Waals surface area contributed by atoms with Crippen molar-refractivity contribution in [2.45, 2.75) is 18.4 Å². The van der Waals surface area contributed by atoms with Crippen molar-refractivity contribution in [2.24, 2.45) is 0 Å². The van der Waals surface area contributed by atoms with Gasteiger partial charge in [-0.15, -0.1) is 0 Å². The van der Waals surface area contributed by atoms with Gasteiger partial charge in [-0.1, -0.05) is 17.7 Å². The second kappa shape index (κ2) is 8.61. The Morgan fingerprint density at radius 1 is 1.11 bits per heavy atom. The number of halogens is 1. The molecule has 0 atom stereocenters.